The van der Waals surface area contributed by atoms with E-state index in [1.807, 2.05) is 0 Å². The molecule has 3 N–H and O–H groups in total. The van der Waals surface area contributed by atoms with Gasteiger partial charge in [0.1, 0.15) is 11.5 Å². The third-order valence-corrected chi connectivity index (χ3v) is 6.82. The lowest BCUT2D eigenvalue weighted by Crippen LogP contribution is -2.20. The summed E-state index contributed by atoms with van der Waals surface area (Å²) in [6.45, 7) is 2.09. The van der Waals surface area contributed by atoms with Crippen LogP contribution in [-0.4, -0.2) is 28.4 Å². The van der Waals surface area contributed by atoms with Gasteiger partial charge in [-0.05, 0) is 43.4 Å². The maximum atomic E-state index is 11.5. The van der Waals surface area contributed by atoms with Crippen LogP contribution in [0.15, 0.2) is 18.2 Å². The molecule has 0 aromatic heterocycles. The zero-order valence-corrected chi connectivity index (χ0v) is 18.8. The molecule has 0 heterocycles. The summed E-state index contributed by atoms with van der Waals surface area (Å²) >= 11 is 0. The van der Waals surface area contributed by atoms with Crippen molar-refractivity contribution in [3.63, 3.8) is 0 Å². The first-order valence-electron chi connectivity index (χ1n) is 11.3. The second-order valence-electron chi connectivity index (χ2n) is 8.21. The first kappa shape index (κ1) is 25.8. The molecule has 1 aromatic carbocycles. The molecule has 5 nitrogen and oxygen atoms in total. The molecule has 0 bridgehead atoms. The highest BCUT2D eigenvalue weighted by molar-refractivity contribution is 7.86. The average Bonchev–Trinajstić information content (AvgIpc) is 2.63. The van der Waals surface area contributed by atoms with Crippen LogP contribution in [0.1, 0.15) is 102 Å². The van der Waals surface area contributed by atoms with Crippen molar-refractivity contribution in [3.05, 3.63) is 23.8 Å². The summed E-state index contributed by atoms with van der Waals surface area (Å²) in [5, 5.41) is 18.4. The second kappa shape index (κ2) is 14.7. The van der Waals surface area contributed by atoms with E-state index in [0.29, 0.717) is 12.8 Å². The quantitative estimate of drug-likeness (QED) is 0.198. The van der Waals surface area contributed by atoms with Gasteiger partial charge in [0.15, 0.2) is 0 Å². The van der Waals surface area contributed by atoms with Crippen LogP contribution < -0.4 is 0 Å². The minimum atomic E-state index is -3.91. The Morgan fingerprint density at radius 3 is 1.66 bits per heavy atom. The van der Waals surface area contributed by atoms with Crippen LogP contribution in [0, 0.1) is 0 Å². The van der Waals surface area contributed by atoms with E-state index in [0.717, 1.165) is 63.4 Å². The Balaban J connectivity index is 2.01. The van der Waals surface area contributed by atoms with Crippen LogP contribution in [0.3, 0.4) is 0 Å². The Morgan fingerprint density at radius 1 is 0.724 bits per heavy atom. The largest absolute Gasteiger partial charge is 0.508 e. The van der Waals surface area contributed by atoms with Crippen LogP contribution in [0.25, 0.3) is 0 Å². The van der Waals surface area contributed by atoms with Crippen molar-refractivity contribution >= 4 is 10.1 Å². The van der Waals surface area contributed by atoms with E-state index in [1.54, 1.807) is 12.1 Å². The molecule has 6 heteroatoms. The summed E-state index contributed by atoms with van der Waals surface area (Å²) in [5.74, 6) is 0.229. The summed E-state index contributed by atoms with van der Waals surface area (Å²) < 4.78 is 32.3. The second-order valence-corrected chi connectivity index (χ2v) is 9.91. The molecule has 0 aliphatic heterocycles. The van der Waals surface area contributed by atoms with E-state index in [9.17, 15) is 23.2 Å². The van der Waals surface area contributed by atoms with E-state index < -0.39 is 15.4 Å². The summed E-state index contributed by atoms with van der Waals surface area (Å²) in [6.07, 6.45) is 14.9. The van der Waals surface area contributed by atoms with Gasteiger partial charge < -0.3 is 10.2 Å². The summed E-state index contributed by atoms with van der Waals surface area (Å²) in [4.78, 5) is 0. The molecule has 1 atom stereocenters. The molecule has 0 aliphatic rings. The number of aryl methyl sites for hydroxylation is 1. The number of hydrogen-bond donors (Lipinski definition) is 3. The molecule has 0 saturated carbocycles. The fraction of sp³-hybridized carbons (Fsp3) is 0.739. The van der Waals surface area contributed by atoms with Crippen LogP contribution in [0.4, 0.5) is 0 Å². The lowest BCUT2D eigenvalue weighted by atomic mass is 10.0. The number of phenolic OH excluding ortho intramolecular Hbond substituents is 2. The van der Waals surface area contributed by atoms with Gasteiger partial charge >= 0.3 is 0 Å². The van der Waals surface area contributed by atoms with Crippen molar-refractivity contribution in [3.8, 4) is 11.5 Å². The predicted octanol–water partition coefficient (Wildman–Crippen LogP) is 6.38. The minimum Gasteiger partial charge on any atom is -0.508 e. The highest BCUT2D eigenvalue weighted by atomic mass is 32.2. The van der Waals surface area contributed by atoms with E-state index in [2.05, 4.69) is 6.92 Å². The first-order valence-corrected chi connectivity index (χ1v) is 12.8. The predicted molar refractivity (Wildman–Crippen MR) is 119 cm³/mol. The fourth-order valence-corrected chi connectivity index (χ4v) is 4.73. The molecule has 0 fully saturated rings. The number of unbranched alkanes of at least 4 members (excludes halogenated alkanes) is 10. The topological polar surface area (TPSA) is 94.8 Å². The van der Waals surface area contributed by atoms with Gasteiger partial charge in [-0.25, -0.2) is 0 Å². The van der Waals surface area contributed by atoms with E-state index in [1.165, 1.54) is 31.7 Å². The highest BCUT2D eigenvalue weighted by Gasteiger charge is 2.21. The van der Waals surface area contributed by atoms with Gasteiger partial charge in [-0.2, -0.15) is 8.42 Å². The zero-order valence-electron chi connectivity index (χ0n) is 18.0. The average molecular weight is 429 g/mol. The number of rotatable bonds is 17. The molecule has 29 heavy (non-hydrogen) atoms. The number of aromatic hydroxyl groups is 2. The van der Waals surface area contributed by atoms with E-state index in [-0.39, 0.29) is 11.5 Å². The molecule has 168 valence electrons. The SMILES string of the molecule is CCCCC[C@H](CCCCCCCCCCCc1cc(O)cc(O)c1)S(=O)(=O)O. The van der Waals surface area contributed by atoms with Gasteiger partial charge in [0.2, 0.25) is 0 Å². The van der Waals surface area contributed by atoms with E-state index in [4.69, 9.17) is 0 Å². The van der Waals surface area contributed by atoms with Crippen LogP contribution >= 0.6 is 0 Å². The molecular formula is C23H40O5S. The first-order chi connectivity index (χ1) is 13.8. The van der Waals surface area contributed by atoms with Crippen molar-refractivity contribution in [2.24, 2.45) is 0 Å². The lowest BCUT2D eigenvalue weighted by molar-refractivity contribution is 0.443. The van der Waals surface area contributed by atoms with Crippen LogP contribution in [0.5, 0.6) is 11.5 Å². The number of phenols is 2. The van der Waals surface area contributed by atoms with Crippen molar-refractivity contribution in [2.45, 2.75) is 108 Å². The third kappa shape index (κ3) is 12.8. The van der Waals surface area contributed by atoms with Crippen molar-refractivity contribution in [2.75, 3.05) is 0 Å². The number of hydrogen-bond acceptors (Lipinski definition) is 4. The zero-order chi connectivity index (χ0) is 21.5. The Morgan fingerprint density at radius 2 is 1.17 bits per heavy atom. The Hall–Kier alpha value is -1.27. The van der Waals surface area contributed by atoms with Gasteiger partial charge in [0, 0.05) is 6.07 Å². The molecule has 0 spiro atoms. The molecule has 1 rings (SSSR count). The van der Waals surface area contributed by atoms with Crippen molar-refractivity contribution in [1.82, 2.24) is 0 Å². The minimum absolute atomic E-state index is 0.115. The fourth-order valence-electron chi connectivity index (χ4n) is 3.80. The normalized spacial score (nSPS) is 12.9. The molecule has 0 saturated heterocycles. The van der Waals surface area contributed by atoms with E-state index >= 15 is 0 Å². The van der Waals surface area contributed by atoms with Crippen LogP contribution in [0.2, 0.25) is 0 Å². The Kier molecular flexibility index (Phi) is 13.0. The van der Waals surface area contributed by atoms with Crippen molar-refractivity contribution < 1.29 is 23.2 Å². The summed E-state index contributed by atoms with van der Waals surface area (Å²) in [6, 6.07) is 4.76. The molecule has 1 aromatic rings. The Bertz CT molecular complexity index is 637. The molecular weight excluding hydrogens is 388 g/mol. The summed E-state index contributed by atoms with van der Waals surface area (Å²) in [5.41, 5.74) is 0.973. The maximum absolute atomic E-state index is 11.5. The molecule has 0 amide bonds. The summed E-state index contributed by atoms with van der Waals surface area (Å²) in [7, 11) is -3.91. The van der Waals surface area contributed by atoms with Crippen molar-refractivity contribution in [1.29, 1.82) is 0 Å². The van der Waals surface area contributed by atoms with Gasteiger partial charge in [0.05, 0.1) is 5.25 Å². The highest BCUT2D eigenvalue weighted by Crippen LogP contribution is 2.22. The smallest absolute Gasteiger partial charge is 0.267 e. The lowest BCUT2D eigenvalue weighted by Gasteiger charge is -2.13. The monoisotopic (exact) mass is 428 g/mol. The number of benzene rings is 1. The molecule has 0 radical (unpaired) electrons. The van der Waals surface area contributed by atoms with Gasteiger partial charge in [-0.3, -0.25) is 4.55 Å². The molecule has 0 aliphatic carbocycles. The van der Waals surface area contributed by atoms with Gasteiger partial charge in [0.25, 0.3) is 10.1 Å². The Labute approximate surface area is 177 Å². The van der Waals surface area contributed by atoms with Gasteiger partial charge in [-0.1, -0.05) is 77.6 Å². The van der Waals surface area contributed by atoms with Gasteiger partial charge in [-0.15, -0.1) is 0 Å². The standard InChI is InChI=1S/C23H40O5S/c1-2-3-11-15-23(29(26,27)28)16-13-10-8-6-4-5-7-9-12-14-20-17-21(24)19-22(25)18-20/h17-19,23-25H,2-16H2,1H3,(H,26,27,28)/t23-/m1/s1. The third-order valence-electron chi connectivity index (χ3n) is 5.50. The molecule has 0 unspecified atom stereocenters. The van der Waals surface area contributed by atoms with Crippen LogP contribution in [-0.2, 0) is 16.5 Å². The maximum Gasteiger partial charge on any atom is 0.267 e.